The lowest BCUT2D eigenvalue weighted by Gasteiger charge is -2.39. The van der Waals surface area contributed by atoms with Crippen LogP contribution in [0.4, 0.5) is 0 Å². The minimum Gasteiger partial charge on any atom is -0.380 e. The van der Waals surface area contributed by atoms with Crippen LogP contribution in [-0.2, 0) is 0 Å². The smallest absolute Gasteiger partial charge is 0.286 e. The lowest BCUT2D eigenvalue weighted by Crippen LogP contribution is -2.67. The topological polar surface area (TPSA) is 78.5 Å². The summed E-state index contributed by atoms with van der Waals surface area (Å²) in [6, 6.07) is 9.57. The number of aromatic nitrogens is 2. The predicted molar refractivity (Wildman–Crippen MR) is 120 cm³/mol. The summed E-state index contributed by atoms with van der Waals surface area (Å²) in [5.41, 5.74) is 0.841. The van der Waals surface area contributed by atoms with Gasteiger partial charge in [0.1, 0.15) is 0 Å². The second kappa shape index (κ2) is 12.8. The predicted octanol–water partition coefficient (Wildman–Crippen LogP) is 2.57. The van der Waals surface area contributed by atoms with Crippen LogP contribution in [0.2, 0.25) is 0 Å². The largest absolute Gasteiger partial charge is 0.380 e. The van der Waals surface area contributed by atoms with Gasteiger partial charge in [-0.3, -0.25) is 20.1 Å². The van der Waals surface area contributed by atoms with Crippen molar-refractivity contribution in [1.82, 2.24) is 10.2 Å². The summed E-state index contributed by atoms with van der Waals surface area (Å²) >= 11 is 0. The second-order valence-corrected chi connectivity index (χ2v) is 7.90. The number of carbonyl (C=O) groups is 1. The molecule has 0 amide bonds. The number of carbonyl (C=O) groups excluding carboxylic acids is 1. The molecule has 1 aliphatic heterocycles. The van der Waals surface area contributed by atoms with Crippen molar-refractivity contribution in [2.24, 2.45) is 5.92 Å². The molecule has 1 unspecified atom stereocenters. The lowest BCUT2D eigenvalue weighted by atomic mass is 9.95. The van der Waals surface area contributed by atoms with E-state index in [4.69, 9.17) is 9.93 Å². The molecule has 7 nitrogen and oxygen atoms in total. The van der Waals surface area contributed by atoms with Crippen LogP contribution in [0.3, 0.4) is 0 Å². The van der Waals surface area contributed by atoms with Crippen LogP contribution >= 0.6 is 24.8 Å². The van der Waals surface area contributed by atoms with Crippen molar-refractivity contribution in [3.05, 3.63) is 47.6 Å². The molecule has 30 heavy (non-hydrogen) atoms. The Labute approximate surface area is 190 Å². The van der Waals surface area contributed by atoms with Crippen LogP contribution in [0.1, 0.15) is 49.9 Å². The molecule has 1 fully saturated rings. The highest BCUT2D eigenvalue weighted by atomic mass is 35.5. The number of halogens is 2. The van der Waals surface area contributed by atoms with E-state index in [2.05, 4.69) is 24.0 Å². The minimum absolute atomic E-state index is 0. The molecule has 1 N–H and O–H groups in total. The second-order valence-electron chi connectivity index (χ2n) is 7.90. The van der Waals surface area contributed by atoms with Crippen molar-refractivity contribution >= 4 is 30.6 Å². The van der Waals surface area contributed by atoms with E-state index in [1.54, 1.807) is 11.0 Å². The Morgan fingerprint density at radius 2 is 1.73 bits per heavy atom. The third-order valence-corrected chi connectivity index (χ3v) is 5.35. The fraction of sp³-hybridized carbons (Fsp3) is 0.571. The van der Waals surface area contributed by atoms with Crippen LogP contribution in [0, 0.1) is 11.3 Å². The molecule has 2 aromatic rings. The van der Waals surface area contributed by atoms with Crippen molar-refractivity contribution < 1.29 is 14.1 Å². The van der Waals surface area contributed by atoms with Crippen molar-refractivity contribution in [2.75, 3.05) is 31.2 Å². The van der Waals surface area contributed by atoms with E-state index < -0.39 is 0 Å². The summed E-state index contributed by atoms with van der Waals surface area (Å²) in [7, 11) is 0. The maximum Gasteiger partial charge on any atom is 0.286 e. The van der Waals surface area contributed by atoms with Crippen LogP contribution in [0.25, 0.3) is 0 Å². The number of unbranched alkanes of at least 4 members (excludes halogenated alkanes) is 1. The first-order chi connectivity index (χ1) is 13.5. The summed E-state index contributed by atoms with van der Waals surface area (Å²) < 4.78 is 4.84. The zero-order chi connectivity index (χ0) is 19.9. The van der Waals surface area contributed by atoms with E-state index in [9.17, 15) is 4.79 Å². The summed E-state index contributed by atoms with van der Waals surface area (Å²) in [4.78, 5) is 17.1. The Balaban J connectivity index is 0.00000225. The van der Waals surface area contributed by atoms with Gasteiger partial charge in [0.2, 0.25) is 0 Å². The van der Waals surface area contributed by atoms with E-state index >= 15 is 0 Å². The van der Waals surface area contributed by atoms with Crippen LogP contribution in [0.5, 0.6) is 0 Å². The number of ketones is 1. The zero-order valence-electron chi connectivity index (χ0n) is 17.7. The van der Waals surface area contributed by atoms with Gasteiger partial charge in [0, 0.05) is 31.7 Å². The minimum atomic E-state index is -0.0780. The molecule has 1 aromatic heterocycles. The van der Waals surface area contributed by atoms with Gasteiger partial charge < -0.3 is 4.52 Å². The van der Waals surface area contributed by atoms with Crippen molar-refractivity contribution in [3.8, 4) is 0 Å². The van der Waals surface area contributed by atoms with Gasteiger partial charge in [-0.15, -0.1) is 24.8 Å². The number of benzene rings is 1. The molecule has 168 valence electrons. The molecule has 1 aromatic carbocycles. The quantitative estimate of drug-likeness (QED) is 0.355. The van der Waals surface area contributed by atoms with Crippen LogP contribution in [-0.4, -0.2) is 42.9 Å². The molecule has 0 spiro atoms. The van der Waals surface area contributed by atoms with E-state index in [0.29, 0.717) is 5.92 Å². The standard InChI is InChI=1S/C21H31N5O2.2ClH/c1-17(2)8-6-7-11-19(21(27)18-9-4-3-5-10-18)24-12-14-25(15-13-24)26-16-20(22)28-23-26;;/h3-5,9-10,16-17,19,22H,6-8,11-15H2,1-2H3;2*1H. The van der Waals surface area contributed by atoms with Crippen molar-refractivity contribution in [2.45, 2.75) is 45.6 Å². The molecule has 0 aliphatic carbocycles. The van der Waals surface area contributed by atoms with Crippen molar-refractivity contribution in [1.29, 1.82) is 5.41 Å². The van der Waals surface area contributed by atoms with Gasteiger partial charge in [0.25, 0.3) is 11.8 Å². The summed E-state index contributed by atoms with van der Waals surface area (Å²) in [5, 5.41) is 13.4. The summed E-state index contributed by atoms with van der Waals surface area (Å²) in [6.07, 6.45) is 5.90. The van der Waals surface area contributed by atoms with E-state index in [-0.39, 0.29) is 42.2 Å². The van der Waals surface area contributed by atoms with Gasteiger partial charge in [-0.2, -0.15) is 0 Å². The number of nitrogens with one attached hydrogen (secondary N) is 1. The number of hydrogen-bond donors (Lipinski definition) is 1. The highest BCUT2D eigenvalue weighted by Crippen LogP contribution is 2.18. The molecule has 0 bridgehead atoms. The number of hydrogen-bond acceptors (Lipinski definition) is 5. The lowest BCUT2D eigenvalue weighted by molar-refractivity contribution is -0.764. The van der Waals surface area contributed by atoms with E-state index in [1.807, 2.05) is 35.3 Å². The van der Waals surface area contributed by atoms with E-state index in [1.165, 1.54) is 6.42 Å². The van der Waals surface area contributed by atoms with Gasteiger partial charge >= 0.3 is 0 Å². The highest BCUT2D eigenvalue weighted by molar-refractivity contribution is 6.00. The maximum absolute atomic E-state index is 13.2. The monoisotopic (exact) mass is 457 g/mol. The third-order valence-electron chi connectivity index (χ3n) is 5.35. The molecule has 1 aliphatic rings. The van der Waals surface area contributed by atoms with Gasteiger partial charge in [0.05, 0.1) is 6.04 Å². The first-order valence-corrected chi connectivity index (χ1v) is 10.2. The van der Waals surface area contributed by atoms with Gasteiger partial charge in [0.15, 0.2) is 5.78 Å². The molecular weight excluding hydrogens is 425 g/mol. The van der Waals surface area contributed by atoms with Gasteiger partial charge in [-0.05, 0) is 17.6 Å². The van der Waals surface area contributed by atoms with E-state index in [0.717, 1.165) is 51.0 Å². The molecule has 1 atom stereocenters. The Hall–Kier alpha value is -1.83. The van der Waals surface area contributed by atoms with Gasteiger partial charge in [-0.1, -0.05) is 68.2 Å². The maximum atomic E-state index is 13.2. The number of rotatable bonds is 9. The Bertz CT molecular complexity index is 801. The van der Waals surface area contributed by atoms with Crippen LogP contribution < -0.4 is 20.6 Å². The molecule has 0 saturated carbocycles. The molecule has 2 heterocycles. The summed E-state index contributed by atoms with van der Waals surface area (Å²) in [6.45, 7) is 7.58. The zero-order valence-corrected chi connectivity index (χ0v) is 19.3. The Kier molecular flexibility index (Phi) is 11.2. The molecule has 0 radical (unpaired) electrons. The number of nitrogens with zero attached hydrogens (tertiary/aromatic N) is 4. The SMILES string of the molecule is CC(C)CCCCC(C(=O)c1ccccc1)N1CCN([n+]2cc(=N)o[n-]2)CC1.Cl.Cl. The third kappa shape index (κ3) is 7.15. The fourth-order valence-electron chi connectivity index (χ4n) is 3.76. The number of Topliss-reactive ketones (excluding diaryl/α,β-unsaturated/α-hetero) is 1. The Morgan fingerprint density at radius 3 is 2.30 bits per heavy atom. The normalized spacial score (nSPS) is 15.4. The molecule has 9 heteroatoms. The summed E-state index contributed by atoms with van der Waals surface area (Å²) in [5.74, 6) is 0.925. The fourth-order valence-corrected chi connectivity index (χ4v) is 3.76. The van der Waals surface area contributed by atoms with Crippen molar-refractivity contribution in [3.63, 3.8) is 0 Å². The first kappa shape index (κ1) is 26.2. The first-order valence-electron chi connectivity index (χ1n) is 10.2. The highest BCUT2D eigenvalue weighted by Gasteiger charge is 2.29. The Morgan fingerprint density at radius 1 is 1.10 bits per heavy atom. The average molecular weight is 458 g/mol. The average Bonchev–Trinajstić information content (AvgIpc) is 3.14. The van der Waals surface area contributed by atoms with Gasteiger partial charge in [-0.25, -0.2) is 0 Å². The number of piperazine rings is 1. The molecule has 3 rings (SSSR count). The molecular formula is C21H33Cl2N5O2. The van der Waals surface area contributed by atoms with Crippen LogP contribution in [0.15, 0.2) is 41.1 Å². The molecule has 1 saturated heterocycles.